The maximum atomic E-state index is 11.3. The van der Waals surface area contributed by atoms with Crippen LogP contribution in [0.15, 0.2) is 18.2 Å². The van der Waals surface area contributed by atoms with Crippen LogP contribution in [-0.4, -0.2) is 28.9 Å². The van der Waals surface area contributed by atoms with E-state index in [1.54, 1.807) is 12.1 Å². The van der Waals surface area contributed by atoms with Crippen LogP contribution in [0.1, 0.15) is 18.1 Å². The van der Waals surface area contributed by atoms with Crippen molar-refractivity contribution in [1.29, 1.82) is 0 Å². The lowest BCUT2D eigenvalue weighted by molar-refractivity contribution is -0.145. The highest BCUT2D eigenvalue weighted by atomic mass is 16.6. The van der Waals surface area contributed by atoms with Gasteiger partial charge in [0.25, 0.3) is 0 Å². The topological polar surface area (TPSA) is 66.8 Å². The minimum Gasteiger partial charge on any atom is -0.424 e. The number of aliphatic hydroxyl groups excluding tert-OH is 2. The van der Waals surface area contributed by atoms with Crippen molar-refractivity contribution in [1.82, 2.24) is 0 Å². The van der Waals surface area contributed by atoms with E-state index in [9.17, 15) is 4.79 Å². The molecule has 1 aromatic rings. The highest BCUT2D eigenvalue weighted by Gasteiger charge is 2.17. The third-order valence-corrected chi connectivity index (χ3v) is 2.43. The first-order chi connectivity index (χ1) is 7.60. The van der Waals surface area contributed by atoms with E-state index >= 15 is 0 Å². The number of hydrogen-bond acceptors (Lipinski definition) is 4. The molecule has 88 valence electrons. The molecule has 0 amide bonds. The van der Waals surface area contributed by atoms with Crippen LogP contribution in [0, 0.1) is 6.92 Å². The van der Waals surface area contributed by atoms with E-state index in [4.69, 9.17) is 14.9 Å². The van der Waals surface area contributed by atoms with Gasteiger partial charge in [-0.25, -0.2) is 4.79 Å². The third-order valence-electron chi connectivity index (χ3n) is 2.43. The quantitative estimate of drug-likeness (QED) is 0.587. The van der Waals surface area contributed by atoms with Crippen molar-refractivity contribution in [3.05, 3.63) is 29.3 Å². The predicted octanol–water partition coefficient (Wildman–Crippen LogP) is 0.816. The Labute approximate surface area is 94.5 Å². The monoisotopic (exact) mass is 224 g/mol. The fourth-order valence-corrected chi connectivity index (χ4v) is 1.40. The second kappa shape index (κ2) is 5.63. The molecule has 16 heavy (non-hydrogen) atoms. The molecular weight excluding hydrogens is 208 g/mol. The van der Waals surface area contributed by atoms with Crippen molar-refractivity contribution in [2.24, 2.45) is 0 Å². The number of hydrogen-bond donors (Lipinski definition) is 2. The zero-order valence-corrected chi connectivity index (χ0v) is 9.43. The summed E-state index contributed by atoms with van der Waals surface area (Å²) < 4.78 is 4.99. The van der Waals surface area contributed by atoms with Crippen LogP contribution in [0.4, 0.5) is 0 Å². The minimum atomic E-state index is -1.48. The number of carbonyl (C=O) groups excluding carboxylic acids is 1. The molecule has 0 fully saturated rings. The second-order valence-electron chi connectivity index (χ2n) is 3.51. The van der Waals surface area contributed by atoms with Gasteiger partial charge in [-0.3, -0.25) is 0 Å². The van der Waals surface area contributed by atoms with Gasteiger partial charge in [-0.1, -0.05) is 19.1 Å². The summed E-state index contributed by atoms with van der Waals surface area (Å²) in [5.74, 6) is -0.407. The van der Waals surface area contributed by atoms with E-state index in [1.807, 2.05) is 19.9 Å². The van der Waals surface area contributed by atoms with Gasteiger partial charge in [0.1, 0.15) is 5.75 Å². The van der Waals surface area contributed by atoms with E-state index in [1.165, 1.54) is 0 Å². The molecule has 1 atom stereocenters. The SMILES string of the molecule is CCc1cccc(OC(=O)C(O)CO)c1C. The molecule has 1 rings (SSSR count). The Balaban J connectivity index is 2.85. The van der Waals surface area contributed by atoms with Gasteiger partial charge in [0.05, 0.1) is 6.61 Å². The van der Waals surface area contributed by atoms with Crippen molar-refractivity contribution in [2.75, 3.05) is 6.61 Å². The van der Waals surface area contributed by atoms with Gasteiger partial charge in [0.2, 0.25) is 0 Å². The molecule has 1 aromatic carbocycles. The lowest BCUT2D eigenvalue weighted by atomic mass is 10.1. The van der Waals surface area contributed by atoms with Gasteiger partial charge in [-0.2, -0.15) is 0 Å². The number of aryl methyl sites for hydroxylation is 1. The van der Waals surface area contributed by atoms with Crippen molar-refractivity contribution in [3.8, 4) is 5.75 Å². The Morgan fingerprint density at radius 1 is 1.50 bits per heavy atom. The zero-order valence-electron chi connectivity index (χ0n) is 9.43. The van der Waals surface area contributed by atoms with Gasteiger partial charge in [-0.05, 0) is 30.5 Å². The maximum absolute atomic E-state index is 11.3. The molecule has 0 aliphatic heterocycles. The number of benzene rings is 1. The molecule has 0 bridgehead atoms. The van der Waals surface area contributed by atoms with E-state index in [2.05, 4.69) is 0 Å². The smallest absolute Gasteiger partial charge is 0.342 e. The van der Waals surface area contributed by atoms with Crippen molar-refractivity contribution in [2.45, 2.75) is 26.4 Å². The number of ether oxygens (including phenoxy) is 1. The predicted molar refractivity (Wildman–Crippen MR) is 59.3 cm³/mol. The largest absolute Gasteiger partial charge is 0.424 e. The van der Waals surface area contributed by atoms with E-state index in [0.29, 0.717) is 5.75 Å². The molecular formula is C12H16O4. The summed E-state index contributed by atoms with van der Waals surface area (Å²) in [5, 5.41) is 17.7. The summed E-state index contributed by atoms with van der Waals surface area (Å²) in [6.45, 7) is 3.23. The molecule has 0 spiro atoms. The molecule has 0 saturated heterocycles. The third kappa shape index (κ3) is 2.81. The molecule has 1 unspecified atom stereocenters. The lowest BCUT2D eigenvalue weighted by Gasteiger charge is -2.12. The summed E-state index contributed by atoms with van der Waals surface area (Å²) in [6.07, 6.45) is -0.635. The van der Waals surface area contributed by atoms with Crippen LogP contribution in [0.25, 0.3) is 0 Å². The fraction of sp³-hybridized carbons (Fsp3) is 0.417. The molecule has 0 aliphatic carbocycles. The molecule has 4 nitrogen and oxygen atoms in total. The first kappa shape index (κ1) is 12.7. The number of carbonyl (C=O) groups is 1. The van der Waals surface area contributed by atoms with Crippen molar-refractivity contribution < 1.29 is 19.7 Å². The van der Waals surface area contributed by atoms with Gasteiger partial charge in [0, 0.05) is 0 Å². The van der Waals surface area contributed by atoms with Gasteiger partial charge < -0.3 is 14.9 Å². The highest BCUT2D eigenvalue weighted by molar-refractivity contribution is 5.77. The highest BCUT2D eigenvalue weighted by Crippen LogP contribution is 2.22. The standard InChI is InChI=1S/C12H16O4/c1-3-9-5-4-6-11(8(9)2)16-12(15)10(14)7-13/h4-6,10,13-14H,3,7H2,1-2H3. The van der Waals surface area contributed by atoms with Crippen LogP contribution in [0.5, 0.6) is 5.75 Å². The average Bonchev–Trinajstić information content (AvgIpc) is 2.30. The molecule has 0 radical (unpaired) electrons. The molecule has 0 saturated carbocycles. The maximum Gasteiger partial charge on any atom is 0.342 e. The van der Waals surface area contributed by atoms with Gasteiger partial charge in [-0.15, -0.1) is 0 Å². The van der Waals surface area contributed by atoms with Crippen LogP contribution < -0.4 is 4.74 Å². The summed E-state index contributed by atoms with van der Waals surface area (Å²) in [6, 6.07) is 5.41. The van der Waals surface area contributed by atoms with Crippen molar-refractivity contribution >= 4 is 5.97 Å². The Morgan fingerprint density at radius 3 is 2.75 bits per heavy atom. The first-order valence-corrected chi connectivity index (χ1v) is 5.19. The number of esters is 1. The van der Waals surface area contributed by atoms with Gasteiger partial charge in [0.15, 0.2) is 6.10 Å². The summed E-state index contributed by atoms with van der Waals surface area (Å²) >= 11 is 0. The Morgan fingerprint density at radius 2 is 2.19 bits per heavy atom. The Bertz CT molecular complexity index is 373. The average molecular weight is 224 g/mol. The Kier molecular flexibility index (Phi) is 4.46. The number of aliphatic hydroxyl groups is 2. The number of rotatable bonds is 4. The first-order valence-electron chi connectivity index (χ1n) is 5.19. The zero-order chi connectivity index (χ0) is 12.1. The van der Waals surface area contributed by atoms with Crippen LogP contribution >= 0.6 is 0 Å². The van der Waals surface area contributed by atoms with Crippen LogP contribution in [-0.2, 0) is 11.2 Å². The van der Waals surface area contributed by atoms with Crippen LogP contribution in [0.2, 0.25) is 0 Å². The van der Waals surface area contributed by atoms with E-state index in [0.717, 1.165) is 17.5 Å². The Hall–Kier alpha value is -1.39. The summed E-state index contributed by atoms with van der Waals surface area (Å²) in [4.78, 5) is 11.3. The lowest BCUT2D eigenvalue weighted by Crippen LogP contribution is -2.29. The normalized spacial score (nSPS) is 12.2. The van der Waals surface area contributed by atoms with Crippen LogP contribution in [0.3, 0.4) is 0 Å². The van der Waals surface area contributed by atoms with E-state index < -0.39 is 18.7 Å². The minimum absolute atomic E-state index is 0.428. The van der Waals surface area contributed by atoms with Crippen molar-refractivity contribution in [3.63, 3.8) is 0 Å². The van der Waals surface area contributed by atoms with E-state index in [-0.39, 0.29) is 0 Å². The molecule has 0 heterocycles. The molecule has 0 aromatic heterocycles. The summed E-state index contributed by atoms with van der Waals surface area (Å²) in [7, 11) is 0. The summed E-state index contributed by atoms with van der Waals surface area (Å²) in [5.41, 5.74) is 1.97. The fourth-order valence-electron chi connectivity index (χ4n) is 1.40. The molecule has 2 N–H and O–H groups in total. The van der Waals surface area contributed by atoms with Gasteiger partial charge >= 0.3 is 5.97 Å². The molecule has 4 heteroatoms. The second-order valence-corrected chi connectivity index (χ2v) is 3.51. The molecule has 0 aliphatic rings.